The van der Waals surface area contributed by atoms with Crippen LogP contribution in [-0.4, -0.2) is 54.1 Å². The molecule has 0 N–H and O–H groups in total. The number of carbonyl (C=O) groups is 4. The van der Waals surface area contributed by atoms with Crippen LogP contribution >= 0.6 is 0 Å². The lowest BCUT2D eigenvalue weighted by molar-refractivity contribution is -0.206. The van der Waals surface area contributed by atoms with Crippen molar-refractivity contribution >= 4 is 23.9 Å². The molecule has 9 nitrogen and oxygen atoms in total. The smallest absolute Gasteiger partial charge is 0.350 e. The van der Waals surface area contributed by atoms with Gasteiger partial charge >= 0.3 is 23.9 Å². The number of esters is 4. The number of ether oxygens (including phenoxy) is 5. The first-order chi connectivity index (χ1) is 14.4. The SMILES string of the molecule is CC(=O)O[C@H]1C(=O)O[C@@H]2O[C@]34C(=O)O[C@@H]5C[C@@H](C(C)(C)C)[C@@]21[C@]53C[C@@H]1OC(=O)[C@@H](C)[C@@H]14. The Labute approximate surface area is 179 Å². The largest absolute Gasteiger partial charge is 0.462 e. The van der Waals surface area contributed by atoms with E-state index in [2.05, 4.69) is 20.8 Å². The van der Waals surface area contributed by atoms with Gasteiger partial charge in [0.15, 0.2) is 5.60 Å². The molecule has 4 aliphatic heterocycles. The lowest BCUT2D eigenvalue weighted by Crippen LogP contribution is -2.60. The number of rotatable bonds is 1. The fourth-order valence-electron chi connectivity index (χ4n) is 8.38. The molecule has 0 radical (unpaired) electrons. The van der Waals surface area contributed by atoms with Crippen LogP contribution in [0.15, 0.2) is 0 Å². The minimum absolute atomic E-state index is 0.203. The van der Waals surface area contributed by atoms with Crippen molar-refractivity contribution in [2.75, 3.05) is 0 Å². The van der Waals surface area contributed by atoms with Gasteiger partial charge in [-0.05, 0) is 24.2 Å². The lowest BCUT2D eigenvalue weighted by atomic mass is 9.52. The minimum atomic E-state index is -1.47. The molecule has 2 saturated carbocycles. The van der Waals surface area contributed by atoms with Gasteiger partial charge < -0.3 is 23.7 Å². The lowest BCUT2D eigenvalue weighted by Gasteiger charge is -2.46. The van der Waals surface area contributed by atoms with Crippen molar-refractivity contribution in [1.29, 1.82) is 0 Å². The summed E-state index contributed by atoms with van der Waals surface area (Å²) in [5.41, 5.74) is -3.91. The first-order valence-corrected chi connectivity index (χ1v) is 10.9. The van der Waals surface area contributed by atoms with Crippen molar-refractivity contribution in [1.82, 2.24) is 0 Å². The van der Waals surface area contributed by atoms with Crippen LogP contribution < -0.4 is 0 Å². The molecule has 0 aromatic rings. The van der Waals surface area contributed by atoms with Gasteiger partial charge in [0.2, 0.25) is 12.4 Å². The predicted molar refractivity (Wildman–Crippen MR) is 98.7 cm³/mol. The molecule has 0 bridgehead atoms. The van der Waals surface area contributed by atoms with Crippen LogP contribution in [0.3, 0.4) is 0 Å². The van der Waals surface area contributed by atoms with E-state index in [0.29, 0.717) is 12.8 Å². The number of hydrogen-bond acceptors (Lipinski definition) is 9. The van der Waals surface area contributed by atoms with Gasteiger partial charge in [0, 0.05) is 12.8 Å². The van der Waals surface area contributed by atoms with E-state index < -0.39 is 70.8 Å². The van der Waals surface area contributed by atoms with E-state index in [1.807, 2.05) is 0 Å². The van der Waals surface area contributed by atoms with Crippen molar-refractivity contribution < 1.29 is 42.9 Å². The molecule has 0 unspecified atom stereocenters. The van der Waals surface area contributed by atoms with Gasteiger partial charge in [-0.2, -0.15) is 0 Å². The predicted octanol–water partition coefficient (Wildman–Crippen LogP) is 1.12. The van der Waals surface area contributed by atoms with E-state index in [0.717, 1.165) is 0 Å². The molecule has 31 heavy (non-hydrogen) atoms. The van der Waals surface area contributed by atoms with Crippen molar-refractivity contribution in [2.45, 2.75) is 77.7 Å². The molecule has 4 heterocycles. The summed E-state index contributed by atoms with van der Waals surface area (Å²) < 4.78 is 29.4. The Morgan fingerprint density at radius 2 is 1.81 bits per heavy atom. The van der Waals surface area contributed by atoms with Crippen LogP contribution in [0.25, 0.3) is 0 Å². The average Bonchev–Trinajstić information content (AvgIpc) is 3.36. The third-order valence-corrected chi connectivity index (χ3v) is 9.02. The highest BCUT2D eigenvalue weighted by Gasteiger charge is 2.98. The van der Waals surface area contributed by atoms with Gasteiger partial charge in [-0.25, -0.2) is 9.59 Å². The summed E-state index contributed by atoms with van der Waals surface area (Å²) in [7, 11) is 0. The van der Waals surface area contributed by atoms with Gasteiger partial charge in [-0.15, -0.1) is 0 Å². The highest BCUT2D eigenvalue weighted by atomic mass is 16.8. The first kappa shape index (κ1) is 19.5. The standard InChI is InChI=1S/C22H26O9/c1-8-13-10(28-15(8)24)7-20-12-6-11(19(3,4)5)21(20)14(27-9(2)23)16(25)30-18(21)31-22(13,20)17(26)29-12/h8,10-14,18H,6-7H2,1-5H3/t8-,10-,11-,12+,13-,14-,18+,20-,21-,22+/m0/s1. The van der Waals surface area contributed by atoms with Crippen LogP contribution in [0.4, 0.5) is 0 Å². The molecule has 6 aliphatic rings. The normalized spacial score (nSPS) is 53.5. The first-order valence-electron chi connectivity index (χ1n) is 10.9. The average molecular weight is 434 g/mol. The summed E-state index contributed by atoms with van der Waals surface area (Å²) in [6, 6.07) is 0. The number of fused-ring (bicyclic) bond motifs is 1. The highest BCUT2D eigenvalue weighted by molar-refractivity contribution is 5.92. The molecular weight excluding hydrogens is 408 g/mol. The van der Waals surface area contributed by atoms with Crippen LogP contribution in [0.2, 0.25) is 0 Å². The maximum Gasteiger partial charge on any atom is 0.350 e. The van der Waals surface area contributed by atoms with Gasteiger partial charge in [-0.1, -0.05) is 27.7 Å². The van der Waals surface area contributed by atoms with E-state index in [-0.39, 0.29) is 17.3 Å². The van der Waals surface area contributed by atoms with Crippen LogP contribution in [0.5, 0.6) is 0 Å². The molecule has 168 valence electrons. The summed E-state index contributed by atoms with van der Waals surface area (Å²) in [5.74, 6) is -3.49. The Hall–Kier alpha value is -2.16. The molecule has 2 aliphatic carbocycles. The van der Waals surface area contributed by atoms with Crippen molar-refractivity contribution in [3.63, 3.8) is 0 Å². The second kappa shape index (κ2) is 5.24. The third-order valence-electron chi connectivity index (χ3n) is 9.02. The molecule has 10 atom stereocenters. The zero-order valence-corrected chi connectivity index (χ0v) is 18.1. The Bertz CT molecular complexity index is 951. The van der Waals surface area contributed by atoms with Gasteiger partial charge in [0.25, 0.3) is 0 Å². The Kier molecular flexibility index (Phi) is 3.30. The summed E-state index contributed by atoms with van der Waals surface area (Å²) in [4.78, 5) is 50.9. The van der Waals surface area contributed by atoms with Crippen LogP contribution in [0.1, 0.15) is 47.5 Å². The van der Waals surface area contributed by atoms with Crippen molar-refractivity contribution in [2.24, 2.45) is 34.0 Å². The maximum atomic E-state index is 13.5. The topological polar surface area (TPSA) is 114 Å². The highest BCUT2D eigenvalue weighted by Crippen LogP contribution is 2.84. The van der Waals surface area contributed by atoms with Crippen molar-refractivity contribution in [3.8, 4) is 0 Å². The maximum absolute atomic E-state index is 13.5. The molecular formula is C22H26O9. The van der Waals surface area contributed by atoms with Crippen LogP contribution in [0, 0.1) is 34.0 Å². The summed E-state index contributed by atoms with van der Waals surface area (Å²) in [6.07, 6.45) is -2.55. The Morgan fingerprint density at radius 1 is 1.10 bits per heavy atom. The van der Waals surface area contributed by atoms with E-state index >= 15 is 0 Å². The molecule has 6 fully saturated rings. The number of carbonyl (C=O) groups excluding carboxylic acids is 4. The molecule has 0 amide bonds. The second-order valence-corrected chi connectivity index (χ2v) is 11.1. The Balaban J connectivity index is 1.64. The molecule has 4 saturated heterocycles. The molecule has 6 rings (SSSR count). The fourth-order valence-corrected chi connectivity index (χ4v) is 8.38. The van der Waals surface area contributed by atoms with Gasteiger partial charge in [0.05, 0.1) is 16.7 Å². The Morgan fingerprint density at radius 3 is 2.45 bits per heavy atom. The summed E-state index contributed by atoms with van der Waals surface area (Å²) in [6.45, 7) is 9.14. The minimum Gasteiger partial charge on any atom is -0.462 e. The zero-order chi connectivity index (χ0) is 22.3. The monoisotopic (exact) mass is 434 g/mol. The van der Waals surface area contributed by atoms with E-state index in [1.54, 1.807) is 6.92 Å². The van der Waals surface area contributed by atoms with Gasteiger partial charge in [0.1, 0.15) is 12.2 Å². The quantitative estimate of drug-likeness (QED) is 0.442. The van der Waals surface area contributed by atoms with Gasteiger partial charge in [-0.3, -0.25) is 9.59 Å². The van der Waals surface area contributed by atoms with E-state index in [9.17, 15) is 19.2 Å². The summed E-state index contributed by atoms with van der Waals surface area (Å²) >= 11 is 0. The van der Waals surface area contributed by atoms with Crippen LogP contribution in [-0.2, 0) is 42.9 Å². The fraction of sp³-hybridized carbons (Fsp3) is 0.818. The zero-order valence-electron chi connectivity index (χ0n) is 18.1. The van der Waals surface area contributed by atoms with Crippen molar-refractivity contribution in [3.05, 3.63) is 0 Å². The molecule has 9 heteroatoms. The molecule has 0 aromatic carbocycles. The summed E-state index contributed by atoms with van der Waals surface area (Å²) in [5, 5.41) is 0. The van der Waals surface area contributed by atoms with E-state index in [1.165, 1.54) is 6.92 Å². The third kappa shape index (κ3) is 1.72. The van der Waals surface area contributed by atoms with E-state index in [4.69, 9.17) is 23.7 Å². The number of hydrogen-bond donors (Lipinski definition) is 0. The molecule has 2 spiro atoms. The molecule has 0 aromatic heterocycles. The second-order valence-electron chi connectivity index (χ2n) is 11.1.